The summed E-state index contributed by atoms with van der Waals surface area (Å²) in [7, 11) is 0. The van der Waals surface area contributed by atoms with Crippen molar-refractivity contribution < 1.29 is 9.13 Å². The van der Waals surface area contributed by atoms with Crippen molar-refractivity contribution in [1.82, 2.24) is 4.90 Å². The molecule has 1 aliphatic heterocycles. The molecule has 1 heterocycles. The van der Waals surface area contributed by atoms with E-state index in [0.717, 1.165) is 31.9 Å². The fraction of sp³-hybridized carbons (Fsp3) is 0.571. The highest BCUT2D eigenvalue weighted by Gasteiger charge is 2.21. The number of ether oxygens (including phenoxy) is 1. The van der Waals surface area contributed by atoms with Gasteiger partial charge in [-0.05, 0) is 38.1 Å². The van der Waals surface area contributed by atoms with E-state index in [1.807, 2.05) is 0 Å². The molecule has 1 aliphatic rings. The minimum absolute atomic E-state index is 0.198. The van der Waals surface area contributed by atoms with Gasteiger partial charge in [-0.2, -0.15) is 0 Å². The first kappa shape index (κ1) is 13.3. The van der Waals surface area contributed by atoms with Gasteiger partial charge in [0, 0.05) is 31.9 Å². The molecular weight excluding hydrogens is 231 g/mol. The first-order valence-electron chi connectivity index (χ1n) is 6.51. The van der Waals surface area contributed by atoms with E-state index < -0.39 is 0 Å². The average Bonchev–Trinajstić information content (AvgIpc) is 2.30. The van der Waals surface area contributed by atoms with Crippen LogP contribution < -0.4 is 5.32 Å². The lowest BCUT2D eigenvalue weighted by atomic mass is 10.2. The van der Waals surface area contributed by atoms with E-state index in [1.54, 1.807) is 12.1 Å². The van der Waals surface area contributed by atoms with Crippen molar-refractivity contribution in [3.8, 4) is 0 Å². The molecule has 0 spiro atoms. The zero-order valence-electron chi connectivity index (χ0n) is 11.0. The minimum atomic E-state index is -0.198. The van der Waals surface area contributed by atoms with Crippen molar-refractivity contribution in [1.29, 1.82) is 0 Å². The predicted octanol–water partition coefficient (Wildman–Crippen LogP) is 2.35. The number of rotatable bonds is 4. The number of morpholine rings is 1. The minimum Gasteiger partial charge on any atom is -0.384 e. The quantitative estimate of drug-likeness (QED) is 0.890. The molecule has 0 amide bonds. The monoisotopic (exact) mass is 252 g/mol. The number of nitrogens with zero attached hydrogens (tertiary/aromatic N) is 1. The molecule has 3 nitrogen and oxygen atoms in total. The van der Waals surface area contributed by atoms with Crippen LogP contribution in [0.1, 0.15) is 13.8 Å². The van der Waals surface area contributed by atoms with E-state index in [-0.39, 0.29) is 5.82 Å². The SMILES string of the molecule is CC1CN(CCNc2ccc(F)cc2)CC(C)O1. The number of benzene rings is 1. The second-order valence-electron chi connectivity index (χ2n) is 4.95. The van der Waals surface area contributed by atoms with Gasteiger partial charge in [0.05, 0.1) is 12.2 Å². The summed E-state index contributed by atoms with van der Waals surface area (Å²) in [6.45, 7) is 8.03. The van der Waals surface area contributed by atoms with E-state index in [2.05, 4.69) is 24.1 Å². The van der Waals surface area contributed by atoms with Crippen molar-refractivity contribution in [2.24, 2.45) is 0 Å². The van der Waals surface area contributed by atoms with Gasteiger partial charge in [-0.15, -0.1) is 0 Å². The first-order valence-corrected chi connectivity index (χ1v) is 6.51. The Kier molecular flexibility index (Phi) is 4.55. The molecule has 1 N–H and O–H groups in total. The molecule has 0 bridgehead atoms. The summed E-state index contributed by atoms with van der Waals surface area (Å²) in [4.78, 5) is 2.40. The van der Waals surface area contributed by atoms with Gasteiger partial charge in [0.2, 0.25) is 0 Å². The van der Waals surface area contributed by atoms with Gasteiger partial charge < -0.3 is 10.1 Å². The molecule has 0 saturated carbocycles. The molecule has 2 rings (SSSR count). The summed E-state index contributed by atoms with van der Waals surface area (Å²) in [6.07, 6.45) is 0.610. The third-order valence-corrected chi connectivity index (χ3v) is 3.10. The number of hydrogen-bond donors (Lipinski definition) is 1. The molecule has 2 unspecified atom stereocenters. The van der Waals surface area contributed by atoms with Crippen LogP contribution in [-0.2, 0) is 4.74 Å². The van der Waals surface area contributed by atoms with Gasteiger partial charge in [-0.1, -0.05) is 0 Å². The fourth-order valence-electron chi connectivity index (χ4n) is 2.39. The van der Waals surface area contributed by atoms with Gasteiger partial charge >= 0.3 is 0 Å². The Morgan fingerprint density at radius 1 is 1.22 bits per heavy atom. The Balaban J connectivity index is 1.73. The summed E-state index contributed by atoms with van der Waals surface area (Å²) in [5.74, 6) is -0.198. The van der Waals surface area contributed by atoms with E-state index >= 15 is 0 Å². The molecule has 1 fully saturated rings. The van der Waals surface area contributed by atoms with Crippen LogP contribution in [0.25, 0.3) is 0 Å². The highest BCUT2D eigenvalue weighted by Crippen LogP contribution is 2.11. The smallest absolute Gasteiger partial charge is 0.123 e. The molecule has 18 heavy (non-hydrogen) atoms. The molecule has 1 saturated heterocycles. The van der Waals surface area contributed by atoms with E-state index in [4.69, 9.17) is 4.74 Å². The standard InChI is InChI=1S/C14H21FN2O/c1-11-9-17(10-12(2)18-11)8-7-16-14-5-3-13(15)4-6-14/h3-6,11-12,16H,7-10H2,1-2H3. The van der Waals surface area contributed by atoms with Crippen LogP contribution in [0.3, 0.4) is 0 Å². The molecule has 0 radical (unpaired) electrons. The Morgan fingerprint density at radius 2 is 1.83 bits per heavy atom. The topological polar surface area (TPSA) is 24.5 Å². The summed E-state index contributed by atoms with van der Waals surface area (Å²) in [5, 5.41) is 3.30. The van der Waals surface area contributed by atoms with E-state index in [0.29, 0.717) is 12.2 Å². The lowest BCUT2D eigenvalue weighted by Gasteiger charge is -2.35. The molecule has 0 aliphatic carbocycles. The van der Waals surface area contributed by atoms with Crippen LogP contribution in [-0.4, -0.2) is 43.3 Å². The normalized spacial score (nSPS) is 25.1. The highest BCUT2D eigenvalue weighted by atomic mass is 19.1. The van der Waals surface area contributed by atoms with Crippen molar-refractivity contribution in [3.63, 3.8) is 0 Å². The van der Waals surface area contributed by atoms with E-state index in [9.17, 15) is 4.39 Å². The van der Waals surface area contributed by atoms with Crippen LogP contribution >= 0.6 is 0 Å². The summed E-state index contributed by atoms with van der Waals surface area (Å²) < 4.78 is 18.4. The summed E-state index contributed by atoms with van der Waals surface area (Å²) >= 11 is 0. The molecular formula is C14H21FN2O. The van der Waals surface area contributed by atoms with Gasteiger partial charge in [0.1, 0.15) is 5.82 Å². The molecule has 2 atom stereocenters. The van der Waals surface area contributed by atoms with Crippen molar-refractivity contribution in [2.45, 2.75) is 26.1 Å². The number of hydrogen-bond acceptors (Lipinski definition) is 3. The first-order chi connectivity index (χ1) is 8.63. The molecule has 100 valence electrons. The lowest BCUT2D eigenvalue weighted by Crippen LogP contribution is -2.46. The molecule has 1 aromatic rings. The van der Waals surface area contributed by atoms with Crippen LogP contribution in [0.4, 0.5) is 10.1 Å². The summed E-state index contributed by atoms with van der Waals surface area (Å²) in [6, 6.07) is 6.47. The second kappa shape index (κ2) is 6.16. The van der Waals surface area contributed by atoms with Gasteiger partial charge in [0.25, 0.3) is 0 Å². The Hall–Kier alpha value is -1.13. The number of anilines is 1. The fourth-order valence-corrected chi connectivity index (χ4v) is 2.39. The van der Waals surface area contributed by atoms with E-state index in [1.165, 1.54) is 12.1 Å². The van der Waals surface area contributed by atoms with Gasteiger partial charge in [0.15, 0.2) is 0 Å². The van der Waals surface area contributed by atoms with Crippen LogP contribution in [0.5, 0.6) is 0 Å². The largest absolute Gasteiger partial charge is 0.384 e. The van der Waals surface area contributed by atoms with Gasteiger partial charge in [-0.3, -0.25) is 4.90 Å². The summed E-state index contributed by atoms with van der Waals surface area (Å²) in [5.41, 5.74) is 0.964. The zero-order chi connectivity index (χ0) is 13.0. The molecule has 4 heteroatoms. The number of nitrogens with one attached hydrogen (secondary N) is 1. The maximum absolute atomic E-state index is 12.7. The number of halogens is 1. The van der Waals surface area contributed by atoms with Crippen LogP contribution in [0.2, 0.25) is 0 Å². The Labute approximate surface area is 108 Å². The van der Waals surface area contributed by atoms with Gasteiger partial charge in [-0.25, -0.2) is 4.39 Å². The predicted molar refractivity (Wildman–Crippen MR) is 71.3 cm³/mol. The third kappa shape index (κ3) is 3.96. The second-order valence-corrected chi connectivity index (χ2v) is 4.95. The Morgan fingerprint density at radius 3 is 2.44 bits per heavy atom. The van der Waals surface area contributed by atoms with Crippen molar-refractivity contribution in [2.75, 3.05) is 31.5 Å². The van der Waals surface area contributed by atoms with Crippen LogP contribution in [0.15, 0.2) is 24.3 Å². The Bertz CT molecular complexity index is 359. The maximum atomic E-state index is 12.7. The zero-order valence-corrected chi connectivity index (χ0v) is 11.0. The van der Waals surface area contributed by atoms with Crippen molar-refractivity contribution in [3.05, 3.63) is 30.1 Å². The van der Waals surface area contributed by atoms with Crippen LogP contribution in [0, 0.1) is 5.82 Å². The molecule has 0 aromatic heterocycles. The molecule has 1 aromatic carbocycles. The average molecular weight is 252 g/mol. The third-order valence-electron chi connectivity index (χ3n) is 3.10. The van der Waals surface area contributed by atoms with Crippen molar-refractivity contribution >= 4 is 5.69 Å². The maximum Gasteiger partial charge on any atom is 0.123 e. The highest BCUT2D eigenvalue weighted by molar-refractivity contribution is 5.42. The lowest BCUT2D eigenvalue weighted by molar-refractivity contribution is -0.0667.